The van der Waals surface area contributed by atoms with Gasteiger partial charge in [-0.25, -0.2) is 5.10 Å². The summed E-state index contributed by atoms with van der Waals surface area (Å²) >= 11 is 0. The smallest absolute Gasteiger partial charge is 0.272 e. The van der Waals surface area contributed by atoms with E-state index in [1.165, 1.54) is 4.90 Å². The van der Waals surface area contributed by atoms with E-state index < -0.39 is 0 Å². The van der Waals surface area contributed by atoms with Crippen molar-refractivity contribution in [2.75, 3.05) is 18.9 Å². The molecule has 2 aromatic carbocycles. The van der Waals surface area contributed by atoms with E-state index in [-0.39, 0.29) is 30.3 Å². The molecule has 0 unspecified atom stereocenters. The van der Waals surface area contributed by atoms with E-state index in [0.717, 1.165) is 16.8 Å². The average molecular weight is 378 g/mol. The molecular weight excluding hydrogens is 356 g/mol. The number of H-pyrrole nitrogens is 1. The van der Waals surface area contributed by atoms with Gasteiger partial charge in [-0.1, -0.05) is 36.4 Å². The summed E-state index contributed by atoms with van der Waals surface area (Å²) in [5, 5.41) is 10.4. The van der Waals surface area contributed by atoms with E-state index in [9.17, 15) is 14.4 Å². The number of hydrogen-bond donors (Lipinski definition) is 2. The fourth-order valence-corrected chi connectivity index (χ4v) is 3.08. The Morgan fingerprint density at radius 3 is 2.36 bits per heavy atom. The number of aromatic nitrogens is 2. The third-order valence-electron chi connectivity index (χ3n) is 4.65. The van der Waals surface area contributed by atoms with Crippen molar-refractivity contribution in [3.05, 3.63) is 69.6 Å². The number of fused-ring (bicyclic) bond motifs is 1. The van der Waals surface area contributed by atoms with Crippen LogP contribution < -0.4 is 10.9 Å². The third kappa shape index (κ3) is 4.09. The van der Waals surface area contributed by atoms with Crippen molar-refractivity contribution in [3.8, 4) is 0 Å². The lowest BCUT2D eigenvalue weighted by Crippen LogP contribution is -2.36. The number of aryl methyl sites for hydroxylation is 2. The van der Waals surface area contributed by atoms with Gasteiger partial charge in [0.2, 0.25) is 11.8 Å². The Bertz CT molecular complexity index is 1080. The van der Waals surface area contributed by atoms with Gasteiger partial charge >= 0.3 is 0 Å². The van der Waals surface area contributed by atoms with Crippen molar-refractivity contribution in [1.82, 2.24) is 15.1 Å². The van der Waals surface area contributed by atoms with E-state index in [1.807, 2.05) is 32.0 Å². The number of nitrogens with zero attached hydrogens (tertiary/aromatic N) is 2. The van der Waals surface area contributed by atoms with E-state index in [1.54, 1.807) is 31.3 Å². The van der Waals surface area contributed by atoms with Crippen molar-refractivity contribution in [2.45, 2.75) is 20.3 Å². The lowest BCUT2D eigenvalue weighted by Gasteiger charge is -2.18. The Morgan fingerprint density at radius 2 is 1.68 bits per heavy atom. The maximum atomic E-state index is 12.6. The van der Waals surface area contributed by atoms with Crippen molar-refractivity contribution in [2.24, 2.45) is 0 Å². The van der Waals surface area contributed by atoms with Crippen LogP contribution in [0.25, 0.3) is 10.8 Å². The first-order valence-electron chi connectivity index (χ1n) is 8.93. The molecule has 0 spiro atoms. The molecule has 7 nitrogen and oxygen atoms in total. The molecule has 1 heterocycles. The molecule has 2 N–H and O–H groups in total. The highest BCUT2D eigenvalue weighted by molar-refractivity contribution is 5.96. The summed E-state index contributed by atoms with van der Waals surface area (Å²) in [6.07, 6.45) is -0.00946. The van der Waals surface area contributed by atoms with E-state index >= 15 is 0 Å². The topological polar surface area (TPSA) is 95.2 Å². The molecule has 0 bridgehead atoms. The molecule has 3 aromatic rings. The maximum absolute atomic E-state index is 12.6. The van der Waals surface area contributed by atoms with Crippen LogP contribution in [0.15, 0.2) is 47.3 Å². The zero-order valence-electron chi connectivity index (χ0n) is 16.1. The molecule has 2 amide bonds. The summed E-state index contributed by atoms with van der Waals surface area (Å²) in [6.45, 7) is 3.77. The van der Waals surface area contributed by atoms with Crippen LogP contribution in [0.2, 0.25) is 0 Å². The Labute approximate surface area is 162 Å². The molecule has 7 heteroatoms. The Hall–Kier alpha value is -3.48. The minimum absolute atomic E-state index is 0.00946. The standard InChI is InChI=1S/C21H22N4O3/c1-13-7-6-8-14(2)20(13)22-18(26)12-25(3)19(27)11-17-15-9-4-5-10-16(15)21(28)24-23-17/h4-10H,11-12H2,1-3H3,(H,22,26)(H,24,28). The number of benzene rings is 2. The molecule has 0 saturated carbocycles. The molecule has 0 atom stereocenters. The summed E-state index contributed by atoms with van der Waals surface area (Å²) in [5.41, 5.74) is 2.87. The molecule has 0 aliphatic rings. The van der Waals surface area contributed by atoms with Gasteiger partial charge in [0.25, 0.3) is 5.56 Å². The van der Waals surface area contributed by atoms with Crippen molar-refractivity contribution >= 4 is 28.3 Å². The zero-order valence-corrected chi connectivity index (χ0v) is 16.1. The van der Waals surface area contributed by atoms with Crippen LogP contribution in [0.3, 0.4) is 0 Å². The van der Waals surface area contributed by atoms with Gasteiger partial charge < -0.3 is 10.2 Å². The molecule has 3 rings (SSSR count). The molecule has 0 saturated heterocycles. The number of likely N-dealkylation sites (N-methyl/N-ethyl adjacent to an activating group) is 1. The van der Waals surface area contributed by atoms with Crippen molar-refractivity contribution < 1.29 is 9.59 Å². The highest BCUT2D eigenvalue weighted by Crippen LogP contribution is 2.19. The van der Waals surface area contributed by atoms with Gasteiger partial charge in [0.05, 0.1) is 24.0 Å². The number of rotatable bonds is 5. The highest BCUT2D eigenvalue weighted by atomic mass is 16.2. The zero-order chi connectivity index (χ0) is 20.3. The molecule has 28 heavy (non-hydrogen) atoms. The molecule has 144 valence electrons. The normalized spacial score (nSPS) is 10.7. The number of carbonyl (C=O) groups excluding carboxylic acids is 2. The van der Waals surface area contributed by atoms with Gasteiger partial charge in [0.1, 0.15) is 0 Å². The van der Waals surface area contributed by atoms with Crippen molar-refractivity contribution in [3.63, 3.8) is 0 Å². The predicted molar refractivity (Wildman–Crippen MR) is 108 cm³/mol. The van der Waals surface area contributed by atoms with E-state index in [4.69, 9.17) is 0 Å². The largest absolute Gasteiger partial charge is 0.336 e. The second-order valence-corrected chi connectivity index (χ2v) is 6.79. The molecule has 0 aliphatic carbocycles. The summed E-state index contributed by atoms with van der Waals surface area (Å²) in [5.74, 6) is -0.533. The van der Waals surface area contributed by atoms with Crippen LogP contribution in [0.1, 0.15) is 16.8 Å². The molecule has 0 fully saturated rings. The maximum Gasteiger partial charge on any atom is 0.272 e. The van der Waals surface area contributed by atoms with Gasteiger partial charge in [0, 0.05) is 18.1 Å². The summed E-state index contributed by atoms with van der Waals surface area (Å²) in [7, 11) is 1.57. The van der Waals surface area contributed by atoms with Crippen molar-refractivity contribution in [1.29, 1.82) is 0 Å². The Morgan fingerprint density at radius 1 is 1.04 bits per heavy atom. The quantitative estimate of drug-likeness (QED) is 0.711. The fraction of sp³-hybridized carbons (Fsp3) is 0.238. The second-order valence-electron chi connectivity index (χ2n) is 6.79. The number of para-hydroxylation sites is 1. The molecule has 0 aliphatic heterocycles. The van der Waals surface area contributed by atoms with Crippen LogP contribution in [0, 0.1) is 13.8 Å². The van der Waals surface area contributed by atoms with Crippen LogP contribution in [0.4, 0.5) is 5.69 Å². The number of carbonyl (C=O) groups is 2. The van der Waals surface area contributed by atoms with E-state index in [0.29, 0.717) is 16.5 Å². The highest BCUT2D eigenvalue weighted by Gasteiger charge is 2.17. The lowest BCUT2D eigenvalue weighted by atomic mass is 10.1. The molecule has 0 radical (unpaired) electrons. The summed E-state index contributed by atoms with van der Waals surface area (Å²) < 4.78 is 0. The van der Waals surface area contributed by atoms with Crippen LogP contribution in [0.5, 0.6) is 0 Å². The number of aromatic amines is 1. The van der Waals surface area contributed by atoms with Gasteiger partial charge in [-0.2, -0.15) is 5.10 Å². The Balaban J connectivity index is 1.69. The van der Waals surface area contributed by atoms with Crippen LogP contribution in [-0.4, -0.2) is 40.5 Å². The van der Waals surface area contributed by atoms with Crippen LogP contribution in [-0.2, 0) is 16.0 Å². The van der Waals surface area contributed by atoms with E-state index in [2.05, 4.69) is 15.5 Å². The monoisotopic (exact) mass is 378 g/mol. The number of amides is 2. The minimum atomic E-state index is -0.298. The molecule has 1 aromatic heterocycles. The first-order valence-corrected chi connectivity index (χ1v) is 8.93. The van der Waals surface area contributed by atoms with Gasteiger partial charge in [-0.15, -0.1) is 0 Å². The minimum Gasteiger partial charge on any atom is -0.336 e. The summed E-state index contributed by atoms with van der Waals surface area (Å²) in [4.78, 5) is 38.2. The van der Waals surface area contributed by atoms with Gasteiger partial charge in [-0.05, 0) is 31.0 Å². The second kappa shape index (κ2) is 8.04. The van der Waals surface area contributed by atoms with Gasteiger partial charge in [0.15, 0.2) is 0 Å². The fourth-order valence-electron chi connectivity index (χ4n) is 3.08. The Kier molecular flexibility index (Phi) is 5.54. The molecular formula is C21H22N4O3. The number of anilines is 1. The lowest BCUT2D eigenvalue weighted by molar-refractivity contribution is -0.132. The SMILES string of the molecule is Cc1cccc(C)c1NC(=O)CN(C)C(=O)Cc1n[nH]c(=O)c2ccccc12. The first-order chi connectivity index (χ1) is 13.4. The average Bonchev–Trinajstić information content (AvgIpc) is 2.67. The first kappa shape index (κ1) is 19.3. The van der Waals surface area contributed by atoms with Gasteiger partial charge in [-0.3, -0.25) is 14.4 Å². The third-order valence-corrected chi connectivity index (χ3v) is 4.65. The predicted octanol–water partition coefficient (Wildman–Crippen LogP) is 2.18. The summed E-state index contributed by atoms with van der Waals surface area (Å²) in [6, 6.07) is 12.8. The number of nitrogens with one attached hydrogen (secondary N) is 2. The number of hydrogen-bond acceptors (Lipinski definition) is 4. The van der Waals surface area contributed by atoms with Crippen LogP contribution >= 0.6 is 0 Å².